The molecular weight excluding hydrogens is 282 g/mol. The van der Waals surface area contributed by atoms with Gasteiger partial charge in [0.1, 0.15) is 5.75 Å². The van der Waals surface area contributed by atoms with E-state index in [-0.39, 0.29) is 5.91 Å². The molecule has 0 aromatic heterocycles. The van der Waals surface area contributed by atoms with Gasteiger partial charge in [0, 0.05) is 16.6 Å². The van der Waals surface area contributed by atoms with Crippen LogP contribution in [0.15, 0.2) is 16.6 Å². The van der Waals surface area contributed by atoms with Gasteiger partial charge in [0.15, 0.2) is 0 Å². The van der Waals surface area contributed by atoms with Gasteiger partial charge in [-0.2, -0.15) is 0 Å². The van der Waals surface area contributed by atoms with Crippen LogP contribution in [0.2, 0.25) is 0 Å². The Morgan fingerprint density at radius 1 is 1.47 bits per heavy atom. The Kier molecular flexibility index (Phi) is 5.00. The highest BCUT2D eigenvalue weighted by Gasteiger charge is 2.16. The number of amides is 1. The largest absolute Gasteiger partial charge is 0.496 e. The summed E-state index contributed by atoms with van der Waals surface area (Å²) < 4.78 is 6.00. The topological polar surface area (TPSA) is 38.3 Å². The number of methoxy groups -OCH3 is 1. The van der Waals surface area contributed by atoms with Crippen molar-refractivity contribution < 1.29 is 9.53 Å². The average Bonchev–Trinajstić information content (AvgIpc) is 2.26. The molecule has 0 heterocycles. The van der Waals surface area contributed by atoms with Gasteiger partial charge < -0.3 is 10.1 Å². The minimum absolute atomic E-state index is 0.0676. The van der Waals surface area contributed by atoms with E-state index < -0.39 is 0 Å². The zero-order chi connectivity index (χ0) is 13.0. The molecule has 4 heteroatoms. The van der Waals surface area contributed by atoms with E-state index >= 15 is 0 Å². The van der Waals surface area contributed by atoms with Crippen LogP contribution in [0.1, 0.15) is 29.8 Å². The molecule has 1 rings (SSSR count). The van der Waals surface area contributed by atoms with Gasteiger partial charge in [-0.15, -0.1) is 0 Å². The number of benzene rings is 1. The fraction of sp³-hybridized carbons (Fsp3) is 0.462. The second kappa shape index (κ2) is 6.05. The second-order valence-corrected chi connectivity index (χ2v) is 5.21. The van der Waals surface area contributed by atoms with Crippen molar-refractivity contribution in [2.24, 2.45) is 5.92 Å². The molecule has 0 unspecified atom stereocenters. The van der Waals surface area contributed by atoms with Crippen molar-refractivity contribution in [2.75, 3.05) is 13.7 Å². The maximum atomic E-state index is 12.1. The Labute approximate surface area is 111 Å². The number of hydrogen-bond donors (Lipinski definition) is 1. The van der Waals surface area contributed by atoms with E-state index in [1.165, 1.54) is 0 Å². The van der Waals surface area contributed by atoms with Gasteiger partial charge in [-0.3, -0.25) is 4.79 Å². The first-order valence-electron chi connectivity index (χ1n) is 5.58. The third kappa shape index (κ3) is 3.46. The maximum absolute atomic E-state index is 12.1. The van der Waals surface area contributed by atoms with Crippen molar-refractivity contribution in [3.05, 3.63) is 27.7 Å². The van der Waals surface area contributed by atoms with Crippen molar-refractivity contribution in [3.63, 3.8) is 0 Å². The molecule has 1 amide bonds. The Balaban J connectivity index is 3.00. The molecule has 0 saturated heterocycles. The zero-order valence-corrected chi connectivity index (χ0v) is 12.2. The molecule has 0 spiro atoms. The van der Waals surface area contributed by atoms with Gasteiger partial charge in [-0.25, -0.2) is 0 Å². The van der Waals surface area contributed by atoms with Crippen LogP contribution >= 0.6 is 15.9 Å². The third-order valence-corrected chi connectivity index (χ3v) is 3.14. The monoisotopic (exact) mass is 299 g/mol. The predicted molar refractivity (Wildman–Crippen MR) is 72.6 cm³/mol. The molecule has 0 bridgehead atoms. The van der Waals surface area contributed by atoms with Crippen LogP contribution in [0, 0.1) is 12.8 Å². The van der Waals surface area contributed by atoms with E-state index in [0.29, 0.717) is 18.0 Å². The lowest BCUT2D eigenvalue weighted by atomic mass is 10.1. The molecule has 3 nitrogen and oxygen atoms in total. The number of carbonyl (C=O) groups excluding carboxylic acids is 1. The van der Waals surface area contributed by atoms with E-state index in [0.717, 1.165) is 15.8 Å². The van der Waals surface area contributed by atoms with Crippen molar-refractivity contribution in [1.82, 2.24) is 5.32 Å². The third-order valence-electron chi connectivity index (χ3n) is 2.48. The van der Waals surface area contributed by atoms with Crippen LogP contribution in [-0.4, -0.2) is 19.6 Å². The standard InChI is InChI=1S/C13H18BrNO2/c1-8(2)7-15-13(16)12-9(3)11(17-4)6-5-10(12)14/h5-6,8H,7H2,1-4H3,(H,15,16). The molecule has 0 aliphatic rings. The van der Waals surface area contributed by atoms with E-state index in [1.54, 1.807) is 7.11 Å². The minimum Gasteiger partial charge on any atom is -0.496 e. The van der Waals surface area contributed by atoms with Gasteiger partial charge >= 0.3 is 0 Å². The van der Waals surface area contributed by atoms with E-state index in [2.05, 4.69) is 35.1 Å². The molecule has 1 aromatic carbocycles. The summed E-state index contributed by atoms with van der Waals surface area (Å²) in [5, 5.41) is 2.91. The zero-order valence-electron chi connectivity index (χ0n) is 10.6. The highest BCUT2D eigenvalue weighted by atomic mass is 79.9. The Hall–Kier alpha value is -1.03. The number of halogens is 1. The van der Waals surface area contributed by atoms with Gasteiger partial charge in [0.2, 0.25) is 0 Å². The summed E-state index contributed by atoms with van der Waals surface area (Å²) in [6.45, 7) is 6.68. The van der Waals surface area contributed by atoms with Crippen LogP contribution in [0.25, 0.3) is 0 Å². The SMILES string of the molecule is COc1ccc(Br)c(C(=O)NCC(C)C)c1C. The van der Waals surface area contributed by atoms with Gasteiger partial charge in [-0.05, 0) is 40.9 Å². The maximum Gasteiger partial charge on any atom is 0.252 e. The molecule has 0 saturated carbocycles. The quantitative estimate of drug-likeness (QED) is 0.927. The summed E-state index contributed by atoms with van der Waals surface area (Å²) in [7, 11) is 1.60. The van der Waals surface area contributed by atoms with Crippen molar-refractivity contribution >= 4 is 21.8 Å². The number of carbonyl (C=O) groups is 1. The second-order valence-electron chi connectivity index (χ2n) is 4.35. The van der Waals surface area contributed by atoms with E-state index in [9.17, 15) is 4.79 Å². The van der Waals surface area contributed by atoms with E-state index in [4.69, 9.17) is 4.74 Å². The smallest absolute Gasteiger partial charge is 0.252 e. The molecule has 17 heavy (non-hydrogen) atoms. The van der Waals surface area contributed by atoms with Crippen molar-refractivity contribution in [2.45, 2.75) is 20.8 Å². The first-order valence-corrected chi connectivity index (χ1v) is 6.38. The summed E-state index contributed by atoms with van der Waals surface area (Å²) >= 11 is 3.40. The molecule has 1 aromatic rings. The number of ether oxygens (including phenoxy) is 1. The van der Waals surface area contributed by atoms with Crippen LogP contribution < -0.4 is 10.1 Å². The minimum atomic E-state index is -0.0676. The Bertz CT molecular complexity index is 416. The van der Waals surface area contributed by atoms with Crippen LogP contribution in [-0.2, 0) is 0 Å². The summed E-state index contributed by atoms with van der Waals surface area (Å²) in [5.41, 5.74) is 1.49. The predicted octanol–water partition coefficient (Wildman–Crippen LogP) is 3.15. The van der Waals surface area contributed by atoms with Gasteiger partial charge in [-0.1, -0.05) is 13.8 Å². The normalized spacial score (nSPS) is 10.5. The first-order chi connectivity index (χ1) is 7.97. The molecule has 0 radical (unpaired) electrons. The van der Waals surface area contributed by atoms with E-state index in [1.807, 2.05) is 19.1 Å². The summed E-state index contributed by atoms with van der Waals surface area (Å²) in [4.78, 5) is 12.1. The van der Waals surface area contributed by atoms with Crippen LogP contribution in [0.4, 0.5) is 0 Å². The summed E-state index contributed by atoms with van der Waals surface area (Å²) in [6, 6.07) is 3.68. The number of nitrogens with one attached hydrogen (secondary N) is 1. The Morgan fingerprint density at radius 3 is 2.65 bits per heavy atom. The van der Waals surface area contributed by atoms with Crippen molar-refractivity contribution in [3.8, 4) is 5.75 Å². The first kappa shape index (κ1) is 14.0. The highest BCUT2D eigenvalue weighted by molar-refractivity contribution is 9.10. The Morgan fingerprint density at radius 2 is 2.12 bits per heavy atom. The lowest BCUT2D eigenvalue weighted by molar-refractivity contribution is 0.0947. The molecule has 0 aliphatic carbocycles. The molecule has 0 atom stereocenters. The van der Waals surface area contributed by atoms with Crippen LogP contribution in [0.3, 0.4) is 0 Å². The molecular formula is C13H18BrNO2. The molecule has 0 aliphatic heterocycles. The highest BCUT2D eigenvalue weighted by Crippen LogP contribution is 2.28. The van der Waals surface area contributed by atoms with Crippen LogP contribution in [0.5, 0.6) is 5.75 Å². The number of hydrogen-bond acceptors (Lipinski definition) is 2. The molecule has 1 N–H and O–H groups in total. The number of rotatable bonds is 4. The molecule has 94 valence electrons. The van der Waals surface area contributed by atoms with Gasteiger partial charge in [0.25, 0.3) is 5.91 Å². The fourth-order valence-corrected chi connectivity index (χ4v) is 2.15. The lowest BCUT2D eigenvalue weighted by Crippen LogP contribution is -2.28. The fourth-order valence-electron chi connectivity index (χ4n) is 1.54. The summed E-state index contributed by atoms with van der Waals surface area (Å²) in [5.74, 6) is 1.09. The lowest BCUT2D eigenvalue weighted by Gasteiger charge is -2.13. The summed E-state index contributed by atoms with van der Waals surface area (Å²) in [6.07, 6.45) is 0. The van der Waals surface area contributed by atoms with Gasteiger partial charge in [0.05, 0.1) is 12.7 Å². The average molecular weight is 300 g/mol. The van der Waals surface area contributed by atoms with Crippen molar-refractivity contribution in [1.29, 1.82) is 0 Å². The molecule has 0 fully saturated rings.